The third-order valence-electron chi connectivity index (χ3n) is 5.89. The van der Waals surface area contributed by atoms with Crippen molar-refractivity contribution in [1.29, 1.82) is 0 Å². The van der Waals surface area contributed by atoms with Crippen molar-refractivity contribution in [2.75, 3.05) is 24.6 Å². The number of rotatable bonds is 3. The normalized spacial score (nSPS) is 18.9. The predicted molar refractivity (Wildman–Crippen MR) is 120 cm³/mol. The molecule has 0 spiro atoms. The van der Waals surface area contributed by atoms with E-state index in [2.05, 4.69) is 69.1 Å². The maximum atomic E-state index is 5.91. The maximum absolute atomic E-state index is 5.91. The number of fused-ring (bicyclic) bond motifs is 1. The zero-order valence-corrected chi connectivity index (χ0v) is 17.5. The zero-order chi connectivity index (χ0) is 20.1. The van der Waals surface area contributed by atoms with Crippen molar-refractivity contribution in [2.24, 2.45) is 5.92 Å². The maximum Gasteiger partial charge on any atom is 0.231 e. The minimum atomic E-state index is 0.411. The molecule has 3 aromatic rings. The van der Waals surface area contributed by atoms with Crippen molar-refractivity contribution in [3.63, 3.8) is 0 Å². The summed E-state index contributed by atoms with van der Waals surface area (Å²) in [4.78, 5) is 8.99. The Morgan fingerprint density at radius 1 is 1.17 bits per heavy atom. The smallest absolute Gasteiger partial charge is 0.231 e. The average Bonchev–Trinajstić information content (AvgIpc) is 3.07. The van der Waals surface area contributed by atoms with Crippen LogP contribution in [0, 0.1) is 24.7 Å². The van der Waals surface area contributed by atoms with Crippen LogP contribution in [0.25, 0.3) is 22.4 Å². The molecule has 0 atom stereocenters. The minimum absolute atomic E-state index is 0.411. The fourth-order valence-electron chi connectivity index (χ4n) is 3.89. The first kappa shape index (κ1) is 17.9. The molecule has 0 unspecified atom stereocenters. The summed E-state index contributed by atoms with van der Waals surface area (Å²) in [7, 11) is 0. The van der Waals surface area contributed by atoms with Crippen LogP contribution in [0.4, 0.5) is 0 Å². The summed E-state index contributed by atoms with van der Waals surface area (Å²) in [5.41, 5.74) is 6.39. The van der Waals surface area contributed by atoms with Gasteiger partial charge in [0, 0.05) is 30.6 Å². The molecule has 0 radical (unpaired) electrons. The van der Waals surface area contributed by atoms with Crippen LogP contribution in [0.3, 0.4) is 0 Å². The number of aryl methyl sites for hydroxylation is 1. The molecule has 5 nitrogen and oxygen atoms in total. The lowest BCUT2D eigenvalue weighted by Crippen LogP contribution is -2.41. The van der Waals surface area contributed by atoms with E-state index in [4.69, 9.17) is 4.42 Å². The highest BCUT2D eigenvalue weighted by Gasteiger charge is 2.41. The number of aromatic nitrogens is 2. The molecule has 1 aromatic carbocycles. The molecular formula is C24H21N4OS+. The number of nitrogens with one attached hydrogen (secondary N) is 1. The Balaban J connectivity index is 1.44. The van der Waals surface area contributed by atoms with E-state index < -0.39 is 0 Å². The topological polar surface area (TPSA) is 54.0 Å². The molecule has 2 aromatic heterocycles. The fraction of sp³-hybridized carbons (Fsp3) is 0.292. The van der Waals surface area contributed by atoms with Gasteiger partial charge in [0.25, 0.3) is 0 Å². The van der Waals surface area contributed by atoms with Crippen LogP contribution in [-0.2, 0) is 0 Å². The van der Waals surface area contributed by atoms with Crippen LogP contribution >= 0.6 is 11.8 Å². The first-order chi connectivity index (χ1) is 14.8. The van der Waals surface area contributed by atoms with E-state index in [9.17, 15) is 0 Å². The van der Waals surface area contributed by atoms with Gasteiger partial charge in [-0.1, -0.05) is 23.6 Å². The van der Waals surface area contributed by atoms with Gasteiger partial charge >= 0.3 is 0 Å². The number of nitrogens with zero attached hydrogens (tertiary/aromatic N) is 3. The minimum Gasteiger partial charge on any atom is -0.429 e. The summed E-state index contributed by atoms with van der Waals surface area (Å²) >= 11 is 2.00. The summed E-state index contributed by atoms with van der Waals surface area (Å²) in [6, 6.07) is 11.3. The molecule has 0 aliphatic carbocycles. The van der Waals surface area contributed by atoms with Crippen LogP contribution in [-0.4, -0.2) is 51.4 Å². The van der Waals surface area contributed by atoms with E-state index in [1.54, 1.807) is 6.33 Å². The summed E-state index contributed by atoms with van der Waals surface area (Å²) < 4.78 is 8.32. The van der Waals surface area contributed by atoms with Gasteiger partial charge < -0.3 is 9.73 Å². The van der Waals surface area contributed by atoms with Gasteiger partial charge in [0.05, 0.1) is 22.6 Å². The average molecular weight is 414 g/mol. The number of allylic oxidation sites excluding steroid dienone is 1. The van der Waals surface area contributed by atoms with Crippen LogP contribution in [0.2, 0.25) is 0 Å². The third-order valence-corrected chi connectivity index (χ3v) is 7.13. The van der Waals surface area contributed by atoms with Gasteiger partial charge in [0.15, 0.2) is 18.0 Å². The monoisotopic (exact) mass is 413 g/mol. The standard InChI is InChI=1S/C24H21N4OS/c1-15-2-5-17(6-3-15)23-21(11-28(23)18-12-30-13-18)22-20-8-19(7-4-16-9-25-10-16)29-24(20)27-14-26-22/h2-3,5-6,8,11,14,16,18,25H,9-10,12-13H2,1H3/q+1. The van der Waals surface area contributed by atoms with Crippen molar-refractivity contribution in [3.8, 4) is 11.8 Å². The number of thioether (sulfide) groups is 1. The molecule has 0 saturated carbocycles. The van der Waals surface area contributed by atoms with Crippen LogP contribution in [0.5, 0.6) is 0 Å². The van der Waals surface area contributed by atoms with Gasteiger partial charge in [0.2, 0.25) is 11.4 Å². The van der Waals surface area contributed by atoms with E-state index in [1.165, 1.54) is 28.3 Å². The van der Waals surface area contributed by atoms with Crippen molar-refractivity contribution >= 4 is 40.3 Å². The molecule has 6 heteroatoms. The van der Waals surface area contributed by atoms with E-state index in [0.29, 0.717) is 23.4 Å². The summed E-state index contributed by atoms with van der Waals surface area (Å²) in [6.07, 6.45) is 3.82. The molecule has 30 heavy (non-hydrogen) atoms. The quantitative estimate of drug-likeness (QED) is 0.528. The summed E-state index contributed by atoms with van der Waals surface area (Å²) in [5, 5.41) is 4.16. The SMILES string of the molecule is Cc1ccc(C2=C(c3ncnc4oc(C#CC5CNC5)cc34)C=[N+]2C2CSC2)cc1. The van der Waals surface area contributed by atoms with Gasteiger partial charge in [-0.15, -0.1) is 11.8 Å². The Morgan fingerprint density at radius 2 is 2.00 bits per heavy atom. The van der Waals surface area contributed by atoms with Gasteiger partial charge in [-0.2, -0.15) is 4.58 Å². The number of benzene rings is 1. The molecule has 2 saturated heterocycles. The largest absolute Gasteiger partial charge is 0.429 e. The summed E-state index contributed by atoms with van der Waals surface area (Å²) in [5.74, 6) is 9.83. The van der Waals surface area contributed by atoms with Crippen LogP contribution in [0.15, 0.2) is 41.1 Å². The molecule has 3 aliphatic rings. The number of hydrogen-bond donors (Lipinski definition) is 1. The Kier molecular flexibility index (Phi) is 4.26. The highest BCUT2D eigenvalue weighted by atomic mass is 32.2. The molecule has 148 valence electrons. The zero-order valence-electron chi connectivity index (χ0n) is 16.7. The van der Waals surface area contributed by atoms with Crippen molar-refractivity contribution in [1.82, 2.24) is 15.3 Å². The number of hydrogen-bond acceptors (Lipinski definition) is 5. The van der Waals surface area contributed by atoms with Gasteiger partial charge in [-0.05, 0) is 25.0 Å². The Labute approximate surface area is 179 Å². The van der Waals surface area contributed by atoms with E-state index in [1.807, 2.05) is 17.8 Å². The molecule has 0 bridgehead atoms. The highest BCUT2D eigenvalue weighted by Crippen LogP contribution is 2.38. The second kappa shape index (κ2) is 7.12. The van der Waals surface area contributed by atoms with Gasteiger partial charge in [-0.25, -0.2) is 9.97 Å². The molecular weight excluding hydrogens is 392 g/mol. The lowest BCUT2D eigenvalue weighted by molar-refractivity contribution is -0.468. The van der Waals surface area contributed by atoms with Crippen LogP contribution in [0.1, 0.15) is 22.6 Å². The first-order valence-electron chi connectivity index (χ1n) is 10.3. The second-order valence-corrected chi connectivity index (χ2v) is 9.11. The van der Waals surface area contributed by atoms with E-state index in [0.717, 1.165) is 29.7 Å². The van der Waals surface area contributed by atoms with E-state index in [-0.39, 0.29) is 0 Å². The molecule has 5 heterocycles. The molecule has 6 rings (SSSR count). The molecule has 1 N–H and O–H groups in total. The fourth-order valence-corrected chi connectivity index (χ4v) is 4.66. The number of furan rings is 1. The third kappa shape index (κ3) is 2.97. The highest BCUT2D eigenvalue weighted by molar-refractivity contribution is 8.00. The van der Waals surface area contributed by atoms with Crippen LogP contribution < -0.4 is 5.32 Å². The van der Waals surface area contributed by atoms with E-state index >= 15 is 0 Å². The summed E-state index contributed by atoms with van der Waals surface area (Å²) in [6.45, 7) is 4.03. The second-order valence-electron chi connectivity index (χ2n) is 8.03. The predicted octanol–water partition coefficient (Wildman–Crippen LogP) is 3.18. The first-order valence-corrected chi connectivity index (χ1v) is 11.4. The lowest BCUT2D eigenvalue weighted by Gasteiger charge is -2.28. The van der Waals surface area contributed by atoms with Gasteiger partial charge in [-0.3, -0.25) is 0 Å². The molecule has 2 fully saturated rings. The lowest BCUT2D eigenvalue weighted by atomic mass is 9.95. The molecule has 0 amide bonds. The Morgan fingerprint density at radius 3 is 2.70 bits per heavy atom. The van der Waals surface area contributed by atoms with Crippen molar-refractivity contribution < 1.29 is 8.99 Å². The van der Waals surface area contributed by atoms with Crippen molar-refractivity contribution in [3.05, 3.63) is 59.2 Å². The molecule has 3 aliphatic heterocycles. The Hall–Kier alpha value is -2.88. The Bertz CT molecular complexity index is 1270. The van der Waals surface area contributed by atoms with Gasteiger partial charge in [0.1, 0.15) is 11.9 Å². The van der Waals surface area contributed by atoms with Crippen molar-refractivity contribution in [2.45, 2.75) is 13.0 Å².